The molecule has 1 heterocycles. The molecular formula is C21H25ClO5. The van der Waals surface area contributed by atoms with Gasteiger partial charge < -0.3 is 24.4 Å². The maximum Gasteiger partial charge on any atom is 0.184 e. The number of halogens is 1. The molecule has 146 valence electrons. The number of methoxy groups -OCH3 is 1. The van der Waals surface area contributed by atoms with E-state index in [1.807, 2.05) is 49.4 Å². The first-order chi connectivity index (χ1) is 13.0. The Hall–Kier alpha value is -1.63. The first kappa shape index (κ1) is 20.1. The fourth-order valence-electron chi connectivity index (χ4n) is 3.32. The molecule has 4 atom stereocenters. The SMILES string of the molecule is CCOc1ccc(Cc2cc([C@@H]3OC(OC)C(O)CC3O)ccc2Cl)cc1. The van der Waals surface area contributed by atoms with Crippen molar-refractivity contribution in [3.05, 3.63) is 64.2 Å². The highest BCUT2D eigenvalue weighted by molar-refractivity contribution is 6.31. The Labute approximate surface area is 164 Å². The Kier molecular flexibility index (Phi) is 6.73. The van der Waals surface area contributed by atoms with E-state index in [2.05, 4.69) is 0 Å². The van der Waals surface area contributed by atoms with Gasteiger partial charge in [-0.15, -0.1) is 0 Å². The Morgan fingerprint density at radius 2 is 1.85 bits per heavy atom. The number of ether oxygens (including phenoxy) is 3. The molecule has 0 amide bonds. The van der Waals surface area contributed by atoms with E-state index < -0.39 is 24.6 Å². The van der Waals surface area contributed by atoms with Gasteiger partial charge in [0, 0.05) is 18.6 Å². The molecule has 0 aliphatic carbocycles. The van der Waals surface area contributed by atoms with Gasteiger partial charge in [-0.25, -0.2) is 0 Å². The molecule has 0 radical (unpaired) electrons. The number of hydrogen-bond acceptors (Lipinski definition) is 5. The van der Waals surface area contributed by atoms with Gasteiger partial charge in [-0.1, -0.05) is 35.9 Å². The summed E-state index contributed by atoms with van der Waals surface area (Å²) in [6.45, 7) is 2.59. The molecule has 1 saturated heterocycles. The fourth-order valence-corrected chi connectivity index (χ4v) is 3.50. The lowest BCUT2D eigenvalue weighted by Gasteiger charge is -2.36. The topological polar surface area (TPSA) is 68.2 Å². The molecule has 2 N–H and O–H groups in total. The molecule has 1 fully saturated rings. The van der Waals surface area contributed by atoms with E-state index in [1.165, 1.54) is 7.11 Å². The van der Waals surface area contributed by atoms with Crippen LogP contribution in [0.5, 0.6) is 5.75 Å². The van der Waals surface area contributed by atoms with Gasteiger partial charge in [0.1, 0.15) is 18.0 Å². The molecule has 0 aromatic heterocycles. The second kappa shape index (κ2) is 9.04. The number of rotatable bonds is 6. The van der Waals surface area contributed by atoms with E-state index in [9.17, 15) is 10.2 Å². The van der Waals surface area contributed by atoms with Crippen LogP contribution in [-0.4, -0.2) is 42.4 Å². The summed E-state index contributed by atoms with van der Waals surface area (Å²) in [5.74, 6) is 0.837. The molecule has 3 unspecified atom stereocenters. The van der Waals surface area contributed by atoms with E-state index in [0.29, 0.717) is 18.1 Å². The van der Waals surface area contributed by atoms with Crippen molar-refractivity contribution in [2.24, 2.45) is 0 Å². The van der Waals surface area contributed by atoms with Crippen LogP contribution in [0.3, 0.4) is 0 Å². The summed E-state index contributed by atoms with van der Waals surface area (Å²) in [6.07, 6.45) is -2.15. The molecule has 2 aromatic carbocycles. The number of hydrogen-bond donors (Lipinski definition) is 2. The van der Waals surface area contributed by atoms with Crippen molar-refractivity contribution in [1.29, 1.82) is 0 Å². The lowest BCUT2D eigenvalue weighted by molar-refractivity contribution is -0.258. The van der Waals surface area contributed by atoms with Gasteiger partial charge >= 0.3 is 0 Å². The van der Waals surface area contributed by atoms with Crippen LogP contribution in [0.4, 0.5) is 0 Å². The predicted octanol–water partition coefficient (Wildman–Crippen LogP) is 3.49. The third-order valence-corrected chi connectivity index (χ3v) is 5.06. The Balaban J connectivity index is 1.79. The highest BCUT2D eigenvalue weighted by Gasteiger charge is 2.37. The summed E-state index contributed by atoms with van der Waals surface area (Å²) in [4.78, 5) is 0. The minimum atomic E-state index is -0.850. The van der Waals surface area contributed by atoms with Crippen LogP contribution in [0.1, 0.15) is 36.1 Å². The third kappa shape index (κ3) is 4.81. The van der Waals surface area contributed by atoms with Crippen LogP contribution < -0.4 is 4.74 Å². The van der Waals surface area contributed by atoms with E-state index in [0.717, 1.165) is 22.4 Å². The summed E-state index contributed by atoms with van der Waals surface area (Å²) in [5.41, 5.74) is 2.85. The molecule has 6 heteroatoms. The minimum Gasteiger partial charge on any atom is -0.494 e. The van der Waals surface area contributed by atoms with Crippen LogP contribution in [-0.2, 0) is 15.9 Å². The van der Waals surface area contributed by atoms with Crippen LogP contribution in [0.2, 0.25) is 5.02 Å². The lowest BCUT2D eigenvalue weighted by Crippen LogP contribution is -2.43. The summed E-state index contributed by atoms with van der Waals surface area (Å²) in [5, 5.41) is 20.9. The van der Waals surface area contributed by atoms with E-state index >= 15 is 0 Å². The van der Waals surface area contributed by atoms with Crippen LogP contribution in [0, 0.1) is 0 Å². The van der Waals surface area contributed by atoms with E-state index in [4.69, 9.17) is 25.8 Å². The second-order valence-corrected chi connectivity index (χ2v) is 7.04. The van der Waals surface area contributed by atoms with Gasteiger partial charge in [0.05, 0.1) is 12.7 Å². The largest absolute Gasteiger partial charge is 0.494 e. The van der Waals surface area contributed by atoms with Crippen molar-refractivity contribution in [1.82, 2.24) is 0 Å². The molecule has 3 rings (SSSR count). The second-order valence-electron chi connectivity index (χ2n) is 6.64. The highest BCUT2D eigenvalue weighted by Crippen LogP contribution is 2.34. The molecule has 27 heavy (non-hydrogen) atoms. The third-order valence-electron chi connectivity index (χ3n) is 4.69. The van der Waals surface area contributed by atoms with Crippen LogP contribution in [0.15, 0.2) is 42.5 Å². The standard InChI is InChI=1S/C21H25ClO5/c1-3-26-16-7-4-13(5-8-16)10-15-11-14(6-9-17(15)22)20-18(23)12-19(24)21(25-2)27-20/h4-9,11,18-21,23-24H,3,10,12H2,1-2H3/t18?,19?,20-,21?/m0/s1. The molecule has 1 aliphatic heterocycles. The van der Waals surface area contributed by atoms with Gasteiger partial charge in [0.2, 0.25) is 0 Å². The summed E-state index contributed by atoms with van der Waals surface area (Å²) in [7, 11) is 1.47. The number of aliphatic hydroxyl groups is 2. The molecule has 0 spiro atoms. The molecule has 0 bridgehead atoms. The average Bonchev–Trinajstić information content (AvgIpc) is 2.66. The van der Waals surface area contributed by atoms with Gasteiger partial charge in [0.15, 0.2) is 6.29 Å². The van der Waals surface area contributed by atoms with Crippen molar-refractivity contribution in [3.63, 3.8) is 0 Å². The average molecular weight is 393 g/mol. The fraction of sp³-hybridized carbons (Fsp3) is 0.429. The zero-order chi connectivity index (χ0) is 19.4. The minimum absolute atomic E-state index is 0.194. The molecule has 5 nitrogen and oxygen atoms in total. The van der Waals surface area contributed by atoms with Crippen molar-refractivity contribution in [2.75, 3.05) is 13.7 Å². The maximum atomic E-state index is 10.3. The smallest absolute Gasteiger partial charge is 0.184 e. The zero-order valence-corrected chi connectivity index (χ0v) is 16.2. The first-order valence-corrected chi connectivity index (χ1v) is 9.44. The van der Waals surface area contributed by atoms with Gasteiger partial charge in [-0.05, 0) is 48.2 Å². The first-order valence-electron chi connectivity index (χ1n) is 9.06. The number of aliphatic hydroxyl groups excluding tert-OH is 2. The number of benzene rings is 2. The normalized spacial score (nSPS) is 25.4. The summed E-state index contributed by atoms with van der Waals surface area (Å²) < 4.78 is 16.4. The van der Waals surface area contributed by atoms with Crippen molar-refractivity contribution in [3.8, 4) is 5.75 Å². The van der Waals surface area contributed by atoms with E-state index in [-0.39, 0.29) is 6.42 Å². The zero-order valence-electron chi connectivity index (χ0n) is 15.5. The lowest BCUT2D eigenvalue weighted by atomic mass is 9.94. The summed E-state index contributed by atoms with van der Waals surface area (Å²) >= 11 is 6.39. The van der Waals surface area contributed by atoms with Gasteiger partial charge in [-0.2, -0.15) is 0 Å². The summed E-state index contributed by atoms with van der Waals surface area (Å²) in [6, 6.07) is 13.5. The van der Waals surface area contributed by atoms with Crippen molar-refractivity contribution < 1.29 is 24.4 Å². The Morgan fingerprint density at radius 1 is 1.11 bits per heavy atom. The predicted molar refractivity (Wildman–Crippen MR) is 103 cm³/mol. The molecule has 2 aromatic rings. The Bertz CT molecular complexity index is 749. The van der Waals surface area contributed by atoms with Crippen LogP contribution >= 0.6 is 11.6 Å². The molecular weight excluding hydrogens is 368 g/mol. The van der Waals surface area contributed by atoms with E-state index in [1.54, 1.807) is 0 Å². The maximum absolute atomic E-state index is 10.3. The quantitative estimate of drug-likeness (QED) is 0.787. The van der Waals surface area contributed by atoms with Crippen molar-refractivity contribution in [2.45, 2.75) is 44.4 Å². The highest BCUT2D eigenvalue weighted by atomic mass is 35.5. The van der Waals surface area contributed by atoms with Gasteiger partial charge in [0.25, 0.3) is 0 Å². The molecule has 1 aliphatic rings. The van der Waals surface area contributed by atoms with Crippen LogP contribution in [0.25, 0.3) is 0 Å². The van der Waals surface area contributed by atoms with Crippen molar-refractivity contribution >= 4 is 11.6 Å². The monoisotopic (exact) mass is 392 g/mol. The van der Waals surface area contributed by atoms with Gasteiger partial charge in [-0.3, -0.25) is 0 Å². The molecule has 0 saturated carbocycles. The Morgan fingerprint density at radius 3 is 2.52 bits per heavy atom.